The summed E-state index contributed by atoms with van der Waals surface area (Å²) in [6.07, 6.45) is 0. The van der Waals surface area contributed by atoms with E-state index in [0.717, 1.165) is 11.1 Å². The van der Waals surface area contributed by atoms with Crippen molar-refractivity contribution in [3.05, 3.63) is 84.4 Å². The van der Waals surface area contributed by atoms with Crippen LogP contribution in [0.1, 0.15) is 5.56 Å². The minimum Gasteiger partial charge on any atom is -0.481 e. The summed E-state index contributed by atoms with van der Waals surface area (Å²) in [4.78, 5) is 23.9. The van der Waals surface area contributed by atoms with Crippen molar-refractivity contribution in [2.45, 2.75) is 0 Å². The maximum Gasteiger partial charge on any atom is 0.344 e. The molecule has 6 nitrogen and oxygen atoms in total. The van der Waals surface area contributed by atoms with Crippen LogP contribution < -0.4 is 10.1 Å². The topological polar surface area (TPSA) is 88.4 Å². The van der Waals surface area contributed by atoms with Gasteiger partial charge in [0, 0.05) is 11.3 Å². The molecular formula is C23H18N2O4. The van der Waals surface area contributed by atoms with Gasteiger partial charge in [0.25, 0.3) is 5.91 Å². The molecule has 1 N–H and O–H groups in total. The molecule has 0 aliphatic heterocycles. The number of nitriles is 1. The average molecular weight is 386 g/mol. The first-order valence-electron chi connectivity index (χ1n) is 8.88. The summed E-state index contributed by atoms with van der Waals surface area (Å²) in [6, 6.07) is 25.5. The Morgan fingerprint density at radius 1 is 0.897 bits per heavy atom. The van der Waals surface area contributed by atoms with Gasteiger partial charge in [0.05, 0.1) is 11.6 Å². The number of carbonyl (C=O) groups excluding carboxylic acids is 2. The van der Waals surface area contributed by atoms with E-state index in [0.29, 0.717) is 17.0 Å². The lowest BCUT2D eigenvalue weighted by atomic mass is 10.1. The Morgan fingerprint density at radius 3 is 2.45 bits per heavy atom. The van der Waals surface area contributed by atoms with Crippen molar-refractivity contribution in [2.24, 2.45) is 0 Å². The summed E-state index contributed by atoms with van der Waals surface area (Å²) in [7, 11) is 0. The molecule has 0 aliphatic rings. The van der Waals surface area contributed by atoms with Crippen molar-refractivity contribution >= 4 is 17.6 Å². The lowest BCUT2D eigenvalue weighted by Crippen LogP contribution is -2.23. The summed E-state index contributed by atoms with van der Waals surface area (Å²) in [5.41, 5.74) is 2.70. The van der Waals surface area contributed by atoms with Crippen LogP contribution in [0.15, 0.2) is 78.9 Å². The van der Waals surface area contributed by atoms with Crippen LogP contribution in [0.25, 0.3) is 11.1 Å². The number of amides is 1. The number of anilines is 1. The van der Waals surface area contributed by atoms with Crippen LogP contribution >= 0.6 is 0 Å². The predicted octanol–water partition coefficient (Wildman–Crippen LogP) is 3.79. The molecule has 0 spiro atoms. The Hall–Kier alpha value is -4.11. The van der Waals surface area contributed by atoms with Gasteiger partial charge in [-0.25, -0.2) is 4.79 Å². The van der Waals surface area contributed by atoms with Gasteiger partial charge in [-0.3, -0.25) is 4.79 Å². The van der Waals surface area contributed by atoms with Crippen LogP contribution in [0.3, 0.4) is 0 Å². The summed E-state index contributed by atoms with van der Waals surface area (Å²) in [6.45, 7) is -0.764. The molecule has 3 rings (SSSR count). The molecule has 0 aliphatic carbocycles. The standard InChI is InChI=1S/C23H18N2O4/c24-14-17-7-6-10-19(13-17)25-22(26)15-29-23(27)16-28-21-12-5-4-11-20(21)18-8-2-1-3-9-18/h1-13H,15-16H2,(H,25,26). The first-order valence-corrected chi connectivity index (χ1v) is 8.88. The van der Waals surface area contributed by atoms with Crippen molar-refractivity contribution in [2.75, 3.05) is 18.5 Å². The molecule has 0 atom stereocenters. The van der Waals surface area contributed by atoms with Crippen molar-refractivity contribution in [1.82, 2.24) is 0 Å². The molecule has 0 aromatic heterocycles. The number of hydrogen-bond acceptors (Lipinski definition) is 5. The molecule has 6 heteroatoms. The molecule has 3 aromatic rings. The van der Waals surface area contributed by atoms with E-state index in [2.05, 4.69) is 5.32 Å². The Labute approximate surface area is 168 Å². The Bertz CT molecular complexity index is 1040. The quantitative estimate of drug-likeness (QED) is 0.624. The molecule has 1 amide bonds. The second-order valence-corrected chi connectivity index (χ2v) is 6.05. The second kappa shape index (κ2) is 9.72. The molecule has 0 unspecified atom stereocenters. The molecule has 0 radical (unpaired) electrons. The summed E-state index contributed by atoms with van der Waals surface area (Å²) >= 11 is 0. The highest BCUT2D eigenvalue weighted by atomic mass is 16.6. The maximum absolute atomic E-state index is 12.0. The first-order chi connectivity index (χ1) is 14.2. The molecule has 144 valence electrons. The van der Waals surface area contributed by atoms with Gasteiger partial charge in [-0.2, -0.15) is 5.26 Å². The molecule has 3 aromatic carbocycles. The molecule has 0 fully saturated rings. The summed E-state index contributed by atoms with van der Waals surface area (Å²) in [5, 5.41) is 11.4. The summed E-state index contributed by atoms with van der Waals surface area (Å²) < 4.78 is 10.6. The highest BCUT2D eigenvalue weighted by Gasteiger charge is 2.11. The number of ether oxygens (including phenoxy) is 2. The Balaban J connectivity index is 1.51. The fraction of sp³-hybridized carbons (Fsp3) is 0.0870. The number of esters is 1. The zero-order chi connectivity index (χ0) is 20.5. The first kappa shape index (κ1) is 19.6. The smallest absolute Gasteiger partial charge is 0.344 e. The van der Waals surface area contributed by atoms with E-state index in [-0.39, 0.29) is 6.61 Å². The zero-order valence-electron chi connectivity index (χ0n) is 15.5. The lowest BCUT2D eigenvalue weighted by Gasteiger charge is -2.11. The monoisotopic (exact) mass is 386 g/mol. The molecular weight excluding hydrogens is 368 g/mol. The van der Waals surface area contributed by atoms with Crippen LogP contribution in [-0.2, 0) is 14.3 Å². The number of nitrogens with one attached hydrogen (secondary N) is 1. The van der Waals surface area contributed by atoms with Crippen molar-refractivity contribution in [1.29, 1.82) is 5.26 Å². The molecule has 0 saturated heterocycles. The number of rotatable bonds is 7. The van der Waals surface area contributed by atoms with E-state index < -0.39 is 18.5 Å². The predicted molar refractivity (Wildman–Crippen MR) is 108 cm³/mol. The molecule has 0 saturated carbocycles. The van der Waals surface area contributed by atoms with E-state index in [1.54, 1.807) is 24.3 Å². The van der Waals surface area contributed by atoms with Crippen molar-refractivity contribution < 1.29 is 19.1 Å². The van der Waals surface area contributed by atoms with Crippen LogP contribution in [0.4, 0.5) is 5.69 Å². The normalized spacial score (nSPS) is 9.90. The van der Waals surface area contributed by atoms with Crippen LogP contribution in [0.2, 0.25) is 0 Å². The van der Waals surface area contributed by atoms with Crippen LogP contribution in [0, 0.1) is 11.3 Å². The van der Waals surface area contributed by atoms with Gasteiger partial charge in [0.2, 0.25) is 0 Å². The van der Waals surface area contributed by atoms with E-state index in [1.165, 1.54) is 6.07 Å². The van der Waals surface area contributed by atoms with E-state index in [4.69, 9.17) is 14.7 Å². The fourth-order valence-corrected chi connectivity index (χ4v) is 2.64. The van der Waals surface area contributed by atoms with Gasteiger partial charge in [0.15, 0.2) is 13.2 Å². The van der Waals surface area contributed by atoms with Crippen molar-refractivity contribution in [3.8, 4) is 22.9 Å². The minimum absolute atomic E-state index is 0.318. The van der Waals surface area contributed by atoms with Crippen LogP contribution in [0.5, 0.6) is 5.75 Å². The highest BCUT2D eigenvalue weighted by Crippen LogP contribution is 2.29. The van der Waals surface area contributed by atoms with Crippen molar-refractivity contribution in [3.63, 3.8) is 0 Å². The number of para-hydroxylation sites is 1. The van der Waals surface area contributed by atoms with Gasteiger partial charge in [-0.05, 0) is 29.8 Å². The summed E-state index contributed by atoms with van der Waals surface area (Å²) in [5.74, 6) is -0.611. The fourth-order valence-electron chi connectivity index (χ4n) is 2.64. The van der Waals surface area contributed by atoms with Crippen LogP contribution in [-0.4, -0.2) is 25.1 Å². The second-order valence-electron chi connectivity index (χ2n) is 6.05. The molecule has 0 heterocycles. The minimum atomic E-state index is -0.659. The van der Waals surface area contributed by atoms with E-state index >= 15 is 0 Å². The number of nitrogens with zero attached hydrogens (tertiary/aromatic N) is 1. The number of hydrogen-bond donors (Lipinski definition) is 1. The van der Waals surface area contributed by atoms with Gasteiger partial charge >= 0.3 is 5.97 Å². The largest absolute Gasteiger partial charge is 0.481 e. The van der Waals surface area contributed by atoms with Gasteiger partial charge < -0.3 is 14.8 Å². The third kappa shape index (κ3) is 5.68. The van der Waals surface area contributed by atoms with Gasteiger partial charge in [0.1, 0.15) is 5.75 Å². The SMILES string of the molecule is N#Cc1cccc(NC(=O)COC(=O)COc2ccccc2-c2ccccc2)c1. The molecule has 0 bridgehead atoms. The van der Waals surface area contributed by atoms with E-state index in [9.17, 15) is 9.59 Å². The highest BCUT2D eigenvalue weighted by molar-refractivity contribution is 5.93. The Kier molecular flexibility index (Phi) is 6.58. The third-order valence-electron chi connectivity index (χ3n) is 3.96. The Morgan fingerprint density at radius 2 is 1.66 bits per heavy atom. The average Bonchev–Trinajstić information content (AvgIpc) is 2.77. The van der Waals surface area contributed by atoms with Gasteiger partial charge in [-0.1, -0.05) is 54.6 Å². The molecule has 29 heavy (non-hydrogen) atoms. The third-order valence-corrected chi connectivity index (χ3v) is 3.96. The maximum atomic E-state index is 12.0. The number of carbonyl (C=O) groups is 2. The van der Waals surface area contributed by atoms with E-state index in [1.807, 2.05) is 54.6 Å². The van der Waals surface area contributed by atoms with Gasteiger partial charge in [-0.15, -0.1) is 0 Å². The zero-order valence-corrected chi connectivity index (χ0v) is 15.5. The number of benzene rings is 3. The lowest BCUT2D eigenvalue weighted by molar-refractivity contribution is -0.149.